The van der Waals surface area contributed by atoms with Crippen molar-refractivity contribution in [2.45, 2.75) is 32.4 Å². The zero-order valence-electron chi connectivity index (χ0n) is 19.8. The van der Waals surface area contributed by atoms with Gasteiger partial charge in [0.15, 0.2) is 0 Å². The number of carbonyl (C=O) groups excluding carboxylic acids is 2. The maximum absolute atomic E-state index is 13.6. The van der Waals surface area contributed by atoms with E-state index in [1.54, 1.807) is 24.1 Å². The Morgan fingerprint density at radius 3 is 2.86 bits per heavy atom. The van der Waals surface area contributed by atoms with Crippen LogP contribution in [-0.2, 0) is 22.6 Å². The molecule has 0 spiro atoms. The molecule has 0 fully saturated rings. The lowest BCUT2D eigenvalue weighted by atomic mass is 9.90. The molecule has 0 radical (unpaired) electrons. The Morgan fingerprint density at radius 1 is 1.29 bits per heavy atom. The zero-order chi connectivity index (χ0) is 24.6. The second kappa shape index (κ2) is 11.6. The van der Waals surface area contributed by atoms with Crippen LogP contribution in [0.1, 0.15) is 30.2 Å². The number of pyridine rings is 1. The zero-order valence-corrected chi connectivity index (χ0v) is 19.8. The minimum Gasteiger partial charge on any atom is -0.370 e. The normalized spacial score (nSPS) is 17.7. The van der Waals surface area contributed by atoms with Gasteiger partial charge in [-0.05, 0) is 54.3 Å². The number of amides is 2. The van der Waals surface area contributed by atoms with E-state index in [2.05, 4.69) is 39.2 Å². The molecule has 1 unspecified atom stereocenters. The number of nitrogens with zero attached hydrogens (tertiary/aromatic N) is 2. The lowest BCUT2D eigenvalue weighted by Crippen LogP contribution is -2.42. The van der Waals surface area contributed by atoms with E-state index in [0.29, 0.717) is 38.3 Å². The molecule has 2 aromatic rings. The molecule has 2 aliphatic heterocycles. The van der Waals surface area contributed by atoms with Gasteiger partial charge in [0.2, 0.25) is 12.3 Å². The Labute approximate surface area is 204 Å². The van der Waals surface area contributed by atoms with Crippen molar-refractivity contribution in [3.8, 4) is 0 Å². The van der Waals surface area contributed by atoms with Gasteiger partial charge in [-0.2, -0.15) is 0 Å². The summed E-state index contributed by atoms with van der Waals surface area (Å²) in [5.74, 6) is 0.350. The fraction of sp³-hybridized carbons (Fsp3) is 0.296. The van der Waals surface area contributed by atoms with Crippen LogP contribution in [0.25, 0.3) is 5.57 Å². The Bertz CT molecular complexity index is 1160. The predicted molar refractivity (Wildman–Crippen MR) is 133 cm³/mol. The molecule has 4 rings (SSSR count). The summed E-state index contributed by atoms with van der Waals surface area (Å²) < 4.78 is 13.6. The SMILES string of the molecule is CC(=O)N1CC=C(C2C=CCCN2)C(c2ccc(CNC=O)cn2)=C1NCCc1cccc(F)c1. The van der Waals surface area contributed by atoms with Crippen molar-refractivity contribution in [3.05, 3.63) is 94.9 Å². The molecule has 0 saturated heterocycles. The Morgan fingerprint density at radius 2 is 2.17 bits per heavy atom. The summed E-state index contributed by atoms with van der Waals surface area (Å²) in [6.07, 6.45) is 10.3. The first kappa shape index (κ1) is 24.3. The molecule has 2 aliphatic rings. The fourth-order valence-electron chi connectivity index (χ4n) is 4.37. The summed E-state index contributed by atoms with van der Waals surface area (Å²) in [6.45, 7) is 3.78. The molecule has 0 aliphatic carbocycles. The van der Waals surface area contributed by atoms with Crippen molar-refractivity contribution in [2.24, 2.45) is 0 Å². The van der Waals surface area contributed by atoms with Crippen LogP contribution in [0.15, 0.2) is 72.2 Å². The third kappa shape index (κ3) is 6.02. The molecule has 3 N–H and O–H groups in total. The number of hydrogen-bond donors (Lipinski definition) is 3. The summed E-state index contributed by atoms with van der Waals surface area (Å²) in [7, 11) is 0. The summed E-state index contributed by atoms with van der Waals surface area (Å²) in [6, 6.07) is 10.4. The van der Waals surface area contributed by atoms with E-state index in [1.165, 1.54) is 12.1 Å². The number of benzene rings is 1. The molecule has 1 aromatic heterocycles. The van der Waals surface area contributed by atoms with E-state index in [4.69, 9.17) is 0 Å². The summed E-state index contributed by atoms with van der Waals surface area (Å²) in [5, 5.41) is 9.65. The van der Waals surface area contributed by atoms with Crippen LogP contribution in [0.3, 0.4) is 0 Å². The first-order valence-corrected chi connectivity index (χ1v) is 11.8. The number of aromatic nitrogens is 1. The molecule has 182 valence electrons. The van der Waals surface area contributed by atoms with Gasteiger partial charge in [0.05, 0.1) is 11.7 Å². The lowest BCUT2D eigenvalue weighted by Gasteiger charge is -2.34. The van der Waals surface area contributed by atoms with Gasteiger partial charge in [-0.3, -0.25) is 19.5 Å². The van der Waals surface area contributed by atoms with Crippen LogP contribution in [-0.4, -0.2) is 47.9 Å². The first-order chi connectivity index (χ1) is 17.1. The van der Waals surface area contributed by atoms with Gasteiger partial charge in [0, 0.05) is 38.3 Å². The Hall–Kier alpha value is -3.78. The third-order valence-corrected chi connectivity index (χ3v) is 6.07. The standard InChI is InChI=1S/C27H30FN5O2/c1-19(35)33-14-11-23(24-7-2-3-12-30-24)26(25-9-8-21(17-32-25)16-29-18-34)27(33)31-13-10-20-5-4-6-22(28)15-20/h2,4-9,11,15,17-18,24,30-31H,3,10,12-14,16H2,1H3,(H,29,34). The van der Waals surface area contributed by atoms with Gasteiger partial charge in [-0.25, -0.2) is 4.39 Å². The Balaban J connectivity index is 1.70. The van der Waals surface area contributed by atoms with Gasteiger partial charge in [-0.1, -0.05) is 36.4 Å². The average Bonchev–Trinajstić information content (AvgIpc) is 2.88. The number of rotatable bonds is 9. The predicted octanol–water partition coefficient (Wildman–Crippen LogP) is 2.67. The highest BCUT2D eigenvalue weighted by molar-refractivity contribution is 5.87. The van der Waals surface area contributed by atoms with E-state index in [1.807, 2.05) is 18.2 Å². The molecular formula is C27H30FN5O2. The minimum absolute atomic E-state index is 0.00563. The number of nitrogens with one attached hydrogen (secondary N) is 3. The molecule has 35 heavy (non-hydrogen) atoms. The molecule has 1 aromatic carbocycles. The highest BCUT2D eigenvalue weighted by Gasteiger charge is 2.30. The van der Waals surface area contributed by atoms with E-state index < -0.39 is 0 Å². The van der Waals surface area contributed by atoms with Crippen molar-refractivity contribution in [2.75, 3.05) is 19.6 Å². The monoisotopic (exact) mass is 475 g/mol. The number of halogens is 1. The summed E-state index contributed by atoms with van der Waals surface area (Å²) in [5.41, 5.74) is 4.39. The van der Waals surface area contributed by atoms with Crippen molar-refractivity contribution >= 4 is 17.9 Å². The van der Waals surface area contributed by atoms with Crippen LogP contribution < -0.4 is 16.0 Å². The second-order valence-electron chi connectivity index (χ2n) is 8.52. The molecule has 1 atom stereocenters. The fourth-order valence-corrected chi connectivity index (χ4v) is 4.37. The van der Waals surface area contributed by atoms with Crippen molar-refractivity contribution in [1.82, 2.24) is 25.8 Å². The van der Waals surface area contributed by atoms with Gasteiger partial charge >= 0.3 is 0 Å². The number of hydrogen-bond acceptors (Lipinski definition) is 5. The smallest absolute Gasteiger partial charge is 0.225 e. The largest absolute Gasteiger partial charge is 0.370 e. The summed E-state index contributed by atoms with van der Waals surface area (Å²) in [4.78, 5) is 29.6. The summed E-state index contributed by atoms with van der Waals surface area (Å²) >= 11 is 0. The van der Waals surface area contributed by atoms with Crippen molar-refractivity contribution < 1.29 is 14.0 Å². The molecule has 8 heteroatoms. The van der Waals surface area contributed by atoms with Crippen LogP contribution in [0.5, 0.6) is 0 Å². The van der Waals surface area contributed by atoms with Gasteiger partial charge in [-0.15, -0.1) is 0 Å². The Kier molecular flexibility index (Phi) is 8.05. The van der Waals surface area contributed by atoms with Crippen molar-refractivity contribution in [3.63, 3.8) is 0 Å². The quantitative estimate of drug-likeness (QED) is 0.384. The van der Waals surface area contributed by atoms with Gasteiger partial charge in [0.25, 0.3) is 0 Å². The van der Waals surface area contributed by atoms with Crippen molar-refractivity contribution in [1.29, 1.82) is 0 Å². The van der Waals surface area contributed by atoms with E-state index in [-0.39, 0.29) is 17.8 Å². The first-order valence-electron chi connectivity index (χ1n) is 11.8. The highest BCUT2D eigenvalue weighted by Crippen LogP contribution is 2.33. The lowest BCUT2D eigenvalue weighted by molar-refractivity contribution is -0.126. The molecule has 0 bridgehead atoms. The van der Waals surface area contributed by atoms with E-state index in [0.717, 1.165) is 40.9 Å². The second-order valence-corrected chi connectivity index (χ2v) is 8.52. The molecule has 7 nitrogen and oxygen atoms in total. The maximum Gasteiger partial charge on any atom is 0.225 e. The van der Waals surface area contributed by atoms with Crippen LogP contribution in [0, 0.1) is 5.82 Å². The minimum atomic E-state index is -0.265. The third-order valence-electron chi connectivity index (χ3n) is 6.07. The van der Waals surface area contributed by atoms with Crippen LogP contribution in [0.2, 0.25) is 0 Å². The number of carbonyl (C=O) groups is 2. The van der Waals surface area contributed by atoms with Crippen LogP contribution >= 0.6 is 0 Å². The van der Waals surface area contributed by atoms with Gasteiger partial charge < -0.3 is 16.0 Å². The molecule has 3 heterocycles. The van der Waals surface area contributed by atoms with Gasteiger partial charge in [0.1, 0.15) is 11.6 Å². The molecule has 0 saturated carbocycles. The van der Waals surface area contributed by atoms with Crippen LogP contribution in [0.4, 0.5) is 4.39 Å². The van der Waals surface area contributed by atoms with E-state index >= 15 is 0 Å². The topological polar surface area (TPSA) is 86.4 Å². The molecular weight excluding hydrogens is 445 g/mol. The molecule has 2 amide bonds. The average molecular weight is 476 g/mol. The van der Waals surface area contributed by atoms with E-state index in [9.17, 15) is 14.0 Å². The highest BCUT2D eigenvalue weighted by atomic mass is 19.1. The maximum atomic E-state index is 13.6.